The summed E-state index contributed by atoms with van der Waals surface area (Å²) in [4.78, 5) is 29.5. The first-order valence-corrected chi connectivity index (χ1v) is 7.15. The molecule has 108 valence electrons. The van der Waals surface area contributed by atoms with Crippen LogP contribution in [-0.2, 0) is 0 Å². The lowest BCUT2D eigenvalue weighted by molar-refractivity contribution is 0.554. The number of hydrogen-bond acceptors (Lipinski definition) is 5. The average Bonchev–Trinajstić information content (AvgIpc) is 3.11. The first kappa shape index (κ1) is 13.0. The smallest absolute Gasteiger partial charge is 0.325 e. The SMILES string of the molecule is O=c1[nH]c2cc(-c3ccncn3)c(-c3ccc(Br)o3)nc2[nH]1. The van der Waals surface area contributed by atoms with Gasteiger partial charge in [-0.2, -0.15) is 0 Å². The van der Waals surface area contributed by atoms with Crippen molar-refractivity contribution in [2.45, 2.75) is 0 Å². The fourth-order valence-corrected chi connectivity index (χ4v) is 2.55. The van der Waals surface area contributed by atoms with E-state index in [4.69, 9.17) is 4.42 Å². The van der Waals surface area contributed by atoms with Crippen LogP contribution < -0.4 is 5.69 Å². The number of aromatic nitrogens is 5. The Morgan fingerprint density at radius 2 is 2.09 bits per heavy atom. The van der Waals surface area contributed by atoms with E-state index in [1.807, 2.05) is 6.07 Å². The molecule has 0 aliphatic carbocycles. The Morgan fingerprint density at radius 1 is 1.18 bits per heavy atom. The van der Waals surface area contributed by atoms with E-state index < -0.39 is 0 Å². The van der Waals surface area contributed by atoms with Gasteiger partial charge in [0.1, 0.15) is 12.0 Å². The number of rotatable bonds is 2. The minimum atomic E-state index is -0.311. The van der Waals surface area contributed by atoms with Crippen LogP contribution in [0.15, 0.2) is 50.7 Å². The van der Waals surface area contributed by atoms with Crippen molar-refractivity contribution in [1.82, 2.24) is 24.9 Å². The Hall–Kier alpha value is -2.74. The quantitative estimate of drug-likeness (QED) is 0.574. The van der Waals surface area contributed by atoms with Crippen molar-refractivity contribution in [2.24, 2.45) is 0 Å². The predicted molar refractivity (Wildman–Crippen MR) is 83.1 cm³/mol. The first-order valence-electron chi connectivity index (χ1n) is 6.36. The molecule has 0 aliphatic rings. The van der Waals surface area contributed by atoms with Gasteiger partial charge in [-0.25, -0.2) is 19.7 Å². The van der Waals surface area contributed by atoms with Crippen molar-refractivity contribution in [3.8, 4) is 22.7 Å². The van der Waals surface area contributed by atoms with E-state index in [-0.39, 0.29) is 5.69 Å². The summed E-state index contributed by atoms with van der Waals surface area (Å²) in [5.41, 5.74) is 2.78. The number of fused-ring (bicyclic) bond motifs is 1. The third-order valence-corrected chi connectivity index (χ3v) is 3.59. The van der Waals surface area contributed by atoms with Crippen molar-refractivity contribution >= 4 is 27.1 Å². The molecule has 0 aromatic carbocycles. The summed E-state index contributed by atoms with van der Waals surface area (Å²) in [7, 11) is 0. The molecule has 4 heterocycles. The van der Waals surface area contributed by atoms with Gasteiger partial charge in [0.25, 0.3) is 0 Å². The number of halogens is 1. The Morgan fingerprint density at radius 3 is 2.82 bits per heavy atom. The van der Waals surface area contributed by atoms with Crippen LogP contribution in [0.1, 0.15) is 0 Å². The molecule has 0 aliphatic heterocycles. The zero-order valence-corrected chi connectivity index (χ0v) is 12.6. The third kappa shape index (κ3) is 2.13. The molecule has 0 bridgehead atoms. The zero-order chi connectivity index (χ0) is 15.1. The fourth-order valence-electron chi connectivity index (χ4n) is 2.24. The Balaban J connectivity index is 2.05. The number of nitrogens with one attached hydrogen (secondary N) is 2. The molecule has 0 fully saturated rings. The maximum Gasteiger partial charge on any atom is 0.325 e. The Bertz CT molecular complexity index is 1020. The molecule has 0 saturated heterocycles. The summed E-state index contributed by atoms with van der Waals surface area (Å²) in [5, 5.41) is 0. The van der Waals surface area contributed by atoms with E-state index in [0.717, 1.165) is 5.56 Å². The Labute approximate surface area is 131 Å². The van der Waals surface area contributed by atoms with Gasteiger partial charge in [-0.15, -0.1) is 0 Å². The number of imidazole rings is 1. The number of H-pyrrole nitrogens is 2. The summed E-state index contributed by atoms with van der Waals surface area (Å²) in [6.45, 7) is 0. The number of furan rings is 1. The molecule has 7 nitrogen and oxygen atoms in total. The van der Waals surface area contributed by atoms with Gasteiger partial charge in [0.15, 0.2) is 16.1 Å². The van der Waals surface area contributed by atoms with E-state index >= 15 is 0 Å². The fraction of sp³-hybridized carbons (Fsp3) is 0. The van der Waals surface area contributed by atoms with E-state index in [1.165, 1.54) is 6.33 Å². The van der Waals surface area contributed by atoms with Crippen molar-refractivity contribution < 1.29 is 4.42 Å². The van der Waals surface area contributed by atoms with Crippen LogP contribution in [-0.4, -0.2) is 24.9 Å². The van der Waals surface area contributed by atoms with Crippen molar-refractivity contribution in [1.29, 1.82) is 0 Å². The van der Waals surface area contributed by atoms with Crippen molar-refractivity contribution in [3.63, 3.8) is 0 Å². The van der Waals surface area contributed by atoms with Crippen LogP contribution in [0.2, 0.25) is 0 Å². The normalized spacial score (nSPS) is 11.1. The standard InChI is InChI=1S/C14H8BrN5O2/c15-11-2-1-10(22-11)12-7(8-3-4-16-6-17-8)5-9-13(19-12)20-14(21)18-9/h1-6H,(H2,18,19,20,21). The number of aromatic amines is 2. The third-order valence-electron chi connectivity index (χ3n) is 3.17. The molecule has 0 saturated carbocycles. The summed E-state index contributed by atoms with van der Waals surface area (Å²) < 4.78 is 6.19. The van der Waals surface area contributed by atoms with Gasteiger partial charge in [0.2, 0.25) is 0 Å². The molecule has 0 unspecified atom stereocenters. The van der Waals surface area contributed by atoms with Crippen LogP contribution in [0.5, 0.6) is 0 Å². The summed E-state index contributed by atoms with van der Waals surface area (Å²) >= 11 is 3.28. The van der Waals surface area contributed by atoms with E-state index in [9.17, 15) is 4.79 Å². The van der Waals surface area contributed by atoms with Crippen molar-refractivity contribution in [3.05, 3.63) is 51.9 Å². The molecule has 2 N–H and O–H groups in total. The van der Waals surface area contributed by atoms with E-state index in [0.29, 0.717) is 33.0 Å². The van der Waals surface area contributed by atoms with Gasteiger partial charge in [-0.3, -0.25) is 4.98 Å². The predicted octanol–water partition coefficient (Wildman–Crippen LogP) is 2.73. The lowest BCUT2D eigenvalue weighted by atomic mass is 10.1. The Kier molecular flexibility index (Phi) is 2.90. The lowest BCUT2D eigenvalue weighted by Crippen LogP contribution is -1.99. The van der Waals surface area contributed by atoms with E-state index in [2.05, 4.69) is 40.8 Å². The van der Waals surface area contributed by atoms with Crippen LogP contribution in [0, 0.1) is 0 Å². The maximum atomic E-state index is 11.5. The molecule has 0 atom stereocenters. The monoisotopic (exact) mass is 357 g/mol. The van der Waals surface area contributed by atoms with Gasteiger partial charge < -0.3 is 9.40 Å². The molecular weight excluding hydrogens is 350 g/mol. The molecular formula is C14H8BrN5O2. The molecule has 0 radical (unpaired) electrons. The lowest BCUT2D eigenvalue weighted by Gasteiger charge is -2.06. The second kappa shape index (κ2) is 4.92. The topological polar surface area (TPSA) is 100 Å². The highest BCUT2D eigenvalue weighted by atomic mass is 79.9. The second-order valence-electron chi connectivity index (χ2n) is 4.56. The number of hydrogen-bond donors (Lipinski definition) is 2. The number of nitrogens with zero attached hydrogens (tertiary/aromatic N) is 3. The van der Waals surface area contributed by atoms with Crippen LogP contribution in [0.4, 0.5) is 0 Å². The van der Waals surface area contributed by atoms with Crippen LogP contribution in [0.25, 0.3) is 33.9 Å². The van der Waals surface area contributed by atoms with Crippen LogP contribution >= 0.6 is 15.9 Å². The highest BCUT2D eigenvalue weighted by Crippen LogP contribution is 2.33. The average molecular weight is 358 g/mol. The molecule has 22 heavy (non-hydrogen) atoms. The molecule has 8 heteroatoms. The zero-order valence-electron chi connectivity index (χ0n) is 11.0. The number of pyridine rings is 1. The van der Waals surface area contributed by atoms with Gasteiger partial charge in [0.05, 0.1) is 11.2 Å². The van der Waals surface area contributed by atoms with Crippen molar-refractivity contribution in [2.75, 3.05) is 0 Å². The van der Waals surface area contributed by atoms with Gasteiger partial charge in [0, 0.05) is 11.8 Å². The van der Waals surface area contributed by atoms with Gasteiger partial charge in [-0.1, -0.05) is 0 Å². The van der Waals surface area contributed by atoms with E-state index in [1.54, 1.807) is 24.4 Å². The summed E-state index contributed by atoms with van der Waals surface area (Å²) in [5.74, 6) is 0.574. The minimum Gasteiger partial charge on any atom is -0.448 e. The maximum absolute atomic E-state index is 11.5. The molecule has 0 spiro atoms. The molecule has 0 amide bonds. The van der Waals surface area contributed by atoms with Gasteiger partial charge >= 0.3 is 5.69 Å². The first-order chi connectivity index (χ1) is 10.7. The minimum absolute atomic E-state index is 0.311. The highest BCUT2D eigenvalue weighted by molar-refractivity contribution is 9.10. The second-order valence-corrected chi connectivity index (χ2v) is 5.34. The highest BCUT2D eigenvalue weighted by Gasteiger charge is 2.16. The van der Waals surface area contributed by atoms with Crippen LogP contribution in [0.3, 0.4) is 0 Å². The molecule has 4 rings (SSSR count). The molecule has 4 aromatic heterocycles. The largest absolute Gasteiger partial charge is 0.448 e. The summed E-state index contributed by atoms with van der Waals surface area (Å²) in [6, 6.07) is 7.17. The summed E-state index contributed by atoms with van der Waals surface area (Å²) in [6.07, 6.45) is 3.11. The van der Waals surface area contributed by atoms with Gasteiger partial charge in [-0.05, 0) is 40.2 Å². The molecule has 4 aromatic rings.